The molecule has 2 heteroatoms. The molecule has 88 valence electrons. The molecule has 0 aliphatic carbocycles. The van der Waals surface area contributed by atoms with E-state index in [1.165, 1.54) is 22.1 Å². The highest BCUT2D eigenvalue weighted by molar-refractivity contribution is 5.86. The molecule has 3 rings (SSSR count). The van der Waals surface area contributed by atoms with E-state index in [1.807, 2.05) is 0 Å². The number of hydrogen-bond acceptors (Lipinski definition) is 2. The summed E-state index contributed by atoms with van der Waals surface area (Å²) < 4.78 is 0. The lowest BCUT2D eigenvalue weighted by Gasteiger charge is -2.17. The lowest BCUT2D eigenvalue weighted by molar-refractivity contribution is 0.593. The highest BCUT2D eigenvalue weighted by Gasteiger charge is 2.28. The van der Waals surface area contributed by atoms with Gasteiger partial charge in [0.05, 0.1) is 5.52 Å². The highest BCUT2D eigenvalue weighted by atomic mass is 15.1. The third-order valence-electron chi connectivity index (χ3n) is 3.45. The molecule has 0 fully saturated rings. The van der Waals surface area contributed by atoms with E-state index in [9.17, 15) is 0 Å². The minimum absolute atomic E-state index is 0.135. The van der Waals surface area contributed by atoms with Crippen LogP contribution in [0.3, 0.4) is 0 Å². The van der Waals surface area contributed by atoms with Gasteiger partial charge < -0.3 is 5.32 Å². The van der Waals surface area contributed by atoms with Crippen LogP contribution >= 0.6 is 0 Å². The highest BCUT2D eigenvalue weighted by Crippen LogP contribution is 2.33. The van der Waals surface area contributed by atoms with Crippen molar-refractivity contribution in [1.82, 2.24) is 4.98 Å². The first-order valence-electron chi connectivity index (χ1n) is 6.14. The molecule has 1 aromatic heterocycles. The summed E-state index contributed by atoms with van der Waals surface area (Å²) in [6.45, 7) is 8.73. The average molecular weight is 226 g/mol. The fraction of sp³-hybridized carbons (Fsp3) is 0.400. The molecular weight excluding hydrogens is 208 g/mol. The minimum atomic E-state index is 0.135. The Balaban J connectivity index is 2.27. The SMILES string of the molecule is Cc1cc(C)c2cc3c(nc2c1)NC(C)(C)C3. The van der Waals surface area contributed by atoms with Gasteiger partial charge in [0.15, 0.2) is 0 Å². The number of pyridine rings is 1. The zero-order chi connectivity index (χ0) is 12.2. The number of nitrogens with zero attached hydrogens (tertiary/aromatic N) is 1. The van der Waals surface area contributed by atoms with Gasteiger partial charge in [0.1, 0.15) is 5.82 Å². The van der Waals surface area contributed by atoms with E-state index < -0.39 is 0 Å². The zero-order valence-electron chi connectivity index (χ0n) is 10.9. The maximum Gasteiger partial charge on any atom is 0.130 e. The first kappa shape index (κ1) is 10.6. The predicted octanol–water partition coefficient (Wildman–Crippen LogP) is 3.60. The second kappa shape index (κ2) is 3.22. The number of nitrogens with one attached hydrogen (secondary N) is 1. The third-order valence-corrected chi connectivity index (χ3v) is 3.45. The summed E-state index contributed by atoms with van der Waals surface area (Å²) in [6.07, 6.45) is 1.05. The van der Waals surface area contributed by atoms with Gasteiger partial charge >= 0.3 is 0 Å². The Hall–Kier alpha value is -1.57. The molecule has 17 heavy (non-hydrogen) atoms. The molecule has 0 spiro atoms. The Kier molecular flexibility index (Phi) is 2.00. The molecule has 0 unspecified atom stereocenters. The van der Waals surface area contributed by atoms with Gasteiger partial charge in [-0.25, -0.2) is 4.98 Å². The van der Waals surface area contributed by atoms with Crippen LogP contribution in [0.1, 0.15) is 30.5 Å². The van der Waals surface area contributed by atoms with Crippen molar-refractivity contribution in [1.29, 1.82) is 0 Å². The van der Waals surface area contributed by atoms with Gasteiger partial charge in [0, 0.05) is 10.9 Å². The van der Waals surface area contributed by atoms with E-state index in [-0.39, 0.29) is 5.54 Å². The predicted molar refractivity (Wildman–Crippen MR) is 72.6 cm³/mol. The van der Waals surface area contributed by atoms with Crippen molar-refractivity contribution in [3.05, 3.63) is 34.9 Å². The lowest BCUT2D eigenvalue weighted by atomic mass is 9.99. The van der Waals surface area contributed by atoms with Crippen LogP contribution in [0, 0.1) is 13.8 Å². The van der Waals surface area contributed by atoms with Crippen LogP contribution in [0.25, 0.3) is 10.9 Å². The van der Waals surface area contributed by atoms with Crippen molar-refractivity contribution in [2.45, 2.75) is 39.7 Å². The van der Waals surface area contributed by atoms with Crippen molar-refractivity contribution >= 4 is 16.7 Å². The molecule has 1 aromatic carbocycles. The number of anilines is 1. The van der Waals surface area contributed by atoms with Gasteiger partial charge in [-0.3, -0.25) is 0 Å². The van der Waals surface area contributed by atoms with Gasteiger partial charge in [0.2, 0.25) is 0 Å². The van der Waals surface area contributed by atoms with Gasteiger partial charge in [-0.05, 0) is 62.9 Å². The van der Waals surface area contributed by atoms with E-state index in [0.717, 1.165) is 17.8 Å². The third kappa shape index (κ3) is 1.68. The number of aromatic nitrogens is 1. The average Bonchev–Trinajstić information content (AvgIpc) is 2.48. The van der Waals surface area contributed by atoms with E-state index in [1.54, 1.807) is 0 Å². The largest absolute Gasteiger partial charge is 0.365 e. The van der Waals surface area contributed by atoms with Crippen molar-refractivity contribution in [2.75, 3.05) is 5.32 Å². The van der Waals surface area contributed by atoms with Crippen LogP contribution in [-0.2, 0) is 6.42 Å². The molecule has 2 nitrogen and oxygen atoms in total. The normalized spacial score (nSPS) is 16.9. The van der Waals surface area contributed by atoms with Crippen molar-refractivity contribution in [2.24, 2.45) is 0 Å². The summed E-state index contributed by atoms with van der Waals surface area (Å²) in [6, 6.07) is 6.69. The van der Waals surface area contributed by atoms with Gasteiger partial charge in [-0.2, -0.15) is 0 Å². The summed E-state index contributed by atoms with van der Waals surface area (Å²) in [5.41, 5.74) is 5.18. The summed E-state index contributed by atoms with van der Waals surface area (Å²) in [4.78, 5) is 4.76. The Morgan fingerprint density at radius 3 is 2.71 bits per heavy atom. The van der Waals surface area contributed by atoms with Crippen LogP contribution in [-0.4, -0.2) is 10.5 Å². The Bertz CT molecular complexity index is 612. The monoisotopic (exact) mass is 226 g/mol. The summed E-state index contributed by atoms with van der Waals surface area (Å²) >= 11 is 0. The minimum Gasteiger partial charge on any atom is -0.365 e. The van der Waals surface area contributed by atoms with Crippen LogP contribution in [0.5, 0.6) is 0 Å². The number of hydrogen-bond donors (Lipinski definition) is 1. The lowest BCUT2D eigenvalue weighted by Crippen LogP contribution is -2.27. The Labute approximate surface area is 102 Å². The fourth-order valence-electron chi connectivity index (χ4n) is 2.76. The molecule has 2 aromatic rings. The second-order valence-electron chi connectivity index (χ2n) is 5.83. The summed E-state index contributed by atoms with van der Waals surface area (Å²) in [5, 5.41) is 4.78. The summed E-state index contributed by atoms with van der Waals surface area (Å²) in [7, 11) is 0. The smallest absolute Gasteiger partial charge is 0.130 e. The van der Waals surface area contributed by atoms with Gasteiger partial charge in [-0.15, -0.1) is 0 Å². The molecule has 0 amide bonds. The molecule has 1 N–H and O–H groups in total. The van der Waals surface area contributed by atoms with E-state index in [0.29, 0.717) is 0 Å². The molecule has 1 aliphatic heterocycles. The molecule has 1 aliphatic rings. The van der Waals surface area contributed by atoms with Crippen molar-refractivity contribution in [3.8, 4) is 0 Å². The number of aryl methyl sites for hydroxylation is 2. The van der Waals surface area contributed by atoms with Crippen molar-refractivity contribution < 1.29 is 0 Å². The van der Waals surface area contributed by atoms with E-state index >= 15 is 0 Å². The topological polar surface area (TPSA) is 24.9 Å². The van der Waals surface area contributed by atoms with Gasteiger partial charge in [0.25, 0.3) is 0 Å². The first-order valence-corrected chi connectivity index (χ1v) is 6.14. The maximum absolute atomic E-state index is 4.76. The quantitative estimate of drug-likeness (QED) is 0.742. The fourth-order valence-corrected chi connectivity index (χ4v) is 2.76. The van der Waals surface area contributed by atoms with E-state index in [2.05, 4.69) is 51.2 Å². The molecule has 0 radical (unpaired) electrons. The molecular formula is C15H18N2. The maximum atomic E-state index is 4.76. The molecule has 2 heterocycles. The van der Waals surface area contributed by atoms with Crippen LogP contribution < -0.4 is 5.32 Å². The van der Waals surface area contributed by atoms with Crippen LogP contribution in [0.15, 0.2) is 18.2 Å². The molecule has 0 saturated carbocycles. The number of rotatable bonds is 0. The first-order chi connectivity index (χ1) is 7.94. The van der Waals surface area contributed by atoms with Crippen LogP contribution in [0.4, 0.5) is 5.82 Å². The van der Waals surface area contributed by atoms with E-state index in [4.69, 9.17) is 4.98 Å². The number of benzene rings is 1. The molecule has 0 bridgehead atoms. The van der Waals surface area contributed by atoms with Crippen molar-refractivity contribution in [3.63, 3.8) is 0 Å². The van der Waals surface area contributed by atoms with Gasteiger partial charge in [-0.1, -0.05) is 6.07 Å². The molecule has 0 atom stereocenters. The second-order valence-corrected chi connectivity index (χ2v) is 5.83. The Morgan fingerprint density at radius 1 is 1.18 bits per heavy atom. The zero-order valence-corrected chi connectivity index (χ0v) is 10.9. The van der Waals surface area contributed by atoms with Crippen LogP contribution in [0.2, 0.25) is 0 Å². The number of fused-ring (bicyclic) bond motifs is 2. The Morgan fingerprint density at radius 2 is 1.94 bits per heavy atom. The molecule has 0 saturated heterocycles. The summed E-state index contributed by atoms with van der Waals surface area (Å²) in [5.74, 6) is 1.06. The standard InChI is InChI=1S/C15H18N2/c1-9-5-10(2)12-7-11-8-15(3,4)17-14(11)16-13(12)6-9/h5-7H,8H2,1-4H3,(H,16,17).